The van der Waals surface area contributed by atoms with Crippen LogP contribution in [0.2, 0.25) is 0 Å². The summed E-state index contributed by atoms with van der Waals surface area (Å²) in [4.78, 5) is 23.6. The maximum Gasteiger partial charge on any atom is 0.238 e. The number of rotatable bonds is 6. The molecule has 0 saturated carbocycles. The maximum absolute atomic E-state index is 12.1. The van der Waals surface area contributed by atoms with Crippen LogP contribution in [0.5, 0.6) is 0 Å². The first kappa shape index (κ1) is 17.7. The molecule has 0 radical (unpaired) electrons. The summed E-state index contributed by atoms with van der Waals surface area (Å²) in [5.41, 5.74) is 2.30. The van der Waals surface area contributed by atoms with Crippen LogP contribution >= 0.6 is 15.9 Å². The van der Waals surface area contributed by atoms with Crippen LogP contribution < -0.4 is 10.6 Å². The van der Waals surface area contributed by atoms with Crippen molar-refractivity contribution >= 4 is 33.4 Å². The Bertz CT molecular complexity index is 784. The van der Waals surface area contributed by atoms with Crippen molar-refractivity contribution in [2.24, 2.45) is 0 Å². The maximum atomic E-state index is 12.1. The van der Waals surface area contributed by atoms with Crippen molar-refractivity contribution in [1.82, 2.24) is 5.32 Å². The van der Waals surface area contributed by atoms with Gasteiger partial charge in [0.05, 0.1) is 12.5 Å². The second-order valence-corrected chi connectivity index (χ2v) is 6.04. The minimum absolute atomic E-state index is 0.105. The normalized spacial score (nSPS) is 9.83. The fourth-order valence-electron chi connectivity index (χ4n) is 2.15. The van der Waals surface area contributed by atoms with Crippen molar-refractivity contribution in [3.05, 3.63) is 64.1 Å². The molecular weight excluding hydrogens is 370 g/mol. The first-order valence-electron chi connectivity index (χ1n) is 7.34. The monoisotopic (exact) mass is 385 g/mol. The van der Waals surface area contributed by atoms with Gasteiger partial charge < -0.3 is 10.6 Å². The number of hydrogen-bond acceptors (Lipinski definition) is 3. The van der Waals surface area contributed by atoms with Gasteiger partial charge in [0.25, 0.3) is 0 Å². The van der Waals surface area contributed by atoms with E-state index in [4.69, 9.17) is 5.26 Å². The van der Waals surface area contributed by atoms with Gasteiger partial charge in [0.1, 0.15) is 6.42 Å². The Morgan fingerprint density at radius 1 is 1.08 bits per heavy atom. The Morgan fingerprint density at radius 3 is 2.62 bits per heavy atom. The lowest BCUT2D eigenvalue weighted by Crippen LogP contribution is -2.25. The van der Waals surface area contributed by atoms with Gasteiger partial charge >= 0.3 is 0 Å². The lowest BCUT2D eigenvalue weighted by molar-refractivity contribution is -0.120. The van der Waals surface area contributed by atoms with Crippen LogP contribution in [0.3, 0.4) is 0 Å². The number of carbonyl (C=O) groups excluding carboxylic acids is 2. The predicted molar refractivity (Wildman–Crippen MR) is 95.0 cm³/mol. The van der Waals surface area contributed by atoms with Crippen molar-refractivity contribution < 1.29 is 9.59 Å². The number of nitrogens with one attached hydrogen (secondary N) is 2. The SMILES string of the molecule is N#CCC(=O)Nc1ccccc1CNC(=O)Cc1cccc(Br)c1. The molecule has 0 aliphatic carbocycles. The molecule has 0 atom stereocenters. The zero-order valence-electron chi connectivity index (χ0n) is 12.9. The highest BCUT2D eigenvalue weighted by Crippen LogP contribution is 2.15. The number of anilines is 1. The van der Waals surface area contributed by atoms with Gasteiger partial charge in [-0.3, -0.25) is 9.59 Å². The summed E-state index contributed by atoms with van der Waals surface area (Å²) in [5, 5.41) is 14.1. The zero-order chi connectivity index (χ0) is 17.4. The second kappa shape index (κ2) is 8.85. The second-order valence-electron chi connectivity index (χ2n) is 5.12. The largest absolute Gasteiger partial charge is 0.352 e. The highest BCUT2D eigenvalue weighted by molar-refractivity contribution is 9.10. The molecule has 0 spiro atoms. The Labute approximate surface area is 148 Å². The summed E-state index contributed by atoms with van der Waals surface area (Å²) in [6.07, 6.45) is 0.0754. The number of nitrogens with zero attached hydrogens (tertiary/aromatic N) is 1. The molecule has 6 heteroatoms. The molecule has 5 nitrogen and oxygen atoms in total. The fraction of sp³-hybridized carbons (Fsp3) is 0.167. The van der Waals surface area contributed by atoms with Crippen molar-refractivity contribution in [3.63, 3.8) is 0 Å². The predicted octanol–water partition coefficient (Wildman–Crippen LogP) is 3.16. The van der Waals surface area contributed by atoms with Crippen LogP contribution in [0.25, 0.3) is 0 Å². The van der Waals surface area contributed by atoms with Crippen LogP contribution in [0.4, 0.5) is 5.69 Å². The van der Waals surface area contributed by atoms with Crippen LogP contribution in [-0.2, 0) is 22.6 Å². The molecule has 2 aromatic rings. The first-order valence-corrected chi connectivity index (χ1v) is 8.13. The van der Waals surface area contributed by atoms with E-state index in [1.165, 1.54) is 0 Å². The number of amides is 2. The third-order valence-corrected chi connectivity index (χ3v) is 3.75. The molecule has 0 aliphatic rings. The van der Waals surface area contributed by atoms with Crippen LogP contribution in [0, 0.1) is 11.3 Å². The summed E-state index contributed by atoms with van der Waals surface area (Å²) in [5.74, 6) is -0.475. The average Bonchev–Trinajstić information content (AvgIpc) is 2.54. The molecule has 2 N–H and O–H groups in total. The summed E-state index contributed by atoms with van der Waals surface area (Å²) in [6, 6.07) is 16.6. The third-order valence-electron chi connectivity index (χ3n) is 3.26. The molecule has 0 aliphatic heterocycles. The number of para-hydroxylation sites is 1. The smallest absolute Gasteiger partial charge is 0.238 e. The molecule has 0 bridgehead atoms. The Balaban J connectivity index is 1.95. The molecule has 0 aromatic heterocycles. The quantitative estimate of drug-likeness (QED) is 0.800. The molecular formula is C18H16BrN3O2. The zero-order valence-corrected chi connectivity index (χ0v) is 14.5. The van der Waals surface area contributed by atoms with E-state index in [0.29, 0.717) is 12.2 Å². The van der Waals surface area contributed by atoms with Gasteiger partial charge in [0, 0.05) is 16.7 Å². The van der Waals surface area contributed by atoms with Crippen LogP contribution in [0.15, 0.2) is 53.0 Å². The standard InChI is InChI=1S/C18H16BrN3O2/c19-15-6-3-4-13(10-15)11-18(24)21-12-14-5-1-2-7-16(14)22-17(23)8-9-20/h1-7,10H,8,11-12H2,(H,21,24)(H,22,23). The summed E-state index contributed by atoms with van der Waals surface area (Å²) >= 11 is 3.38. The van der Waals surface area contributed by atoms with Crippen molar-refractivity contribution in [2.75, 3.05) is 5.32 Å². The number of hydrogen-bond donors (Lipinski definition) is 2. The third kappa shape index (κ3) is 5.52. The molecule has 2 aromatic carbocycles. The highest BCUT2D eigenvalue weighted by atomic mass is 79.9. The van der Waals surface area contributed by atoms with Gasteiger partial charge in [-0.2, -0.15) is 5.26 Å². The van der Waals surface area contributed by atoms with Gasteiger partial charge in [-0.05, 0) is 29.3 Å². The number of carbonyl (C=O) groups is 2. The summed E-state index contributed by atoms with van der Waals surface area (Å²) < 4.78 is 0.929. The lowest BCUT2D eigenvalue weighted by atomic mass is 10.1. The van der Waals surface area contributed by atoms with E-state index in [1.54, 1.807) is 18.2 Å². The molecule has 122 valence electrons. The van der Waals surface area contributed by atoms with E-state index < -0.39 is 0 Å². The minimum Gasteiger partial charge on any atom is -0.352 e. The Hall–Kier alpha value is -2.65. The van der Waals surface area contributed by atoms with Gasteiger partial charge in [0.2, 0.25) is 11.8 Å². The van der Waals surface area contributed by atoms with E-state index in [9.17, 15) is 9.59 Å². The van der Waals surface area contributed by atoms with E-state index in [-0.39, 0.29) is 24.7 Å². The topological polar surface area (TPSA) is 82.0 Å². The van der Waals surface area contributed by atoms with Gasteiger partial charge in [-0.15, -0.1) is 0 Å². The molecule has 0 unspecified atom stereocenters. The van der Waals surface area contributed by atoms with E-state index in [1.807, 2.05) is 36.4 Å². The highest BCUT2D eigenvalue weighted by Gasteiger charge is 2.08. The van der Waals surface area contributed by atoms with Crippen molar-refractivity contribution in [3.8, 4) is 6.07 Å². The minimum atomic E-state index is -0.370. The van der Waals surface area contributed by atoms with Gasteiger partial charge in [-0.25, -0.2) is 0 Å². The average molecular weight is 386 g/mol. The fourth-order valence-corrected chi connectivity index (χ4v) is 2.60. The number of halogens is 1. The molecule has 0 heterocycles. The van der Waals surface area contributed by atoms with E-state index in [2.05, 4.69) is 26.6 Å². The van der Waals surface area contributed by atoms with Gasteiger partial charge in [-0.1, -0.05) is 46.3 Å². The van der Waals surface area contributed by atoms with Gasteiger partial charge in [0.15, 0.2) is 0 Å². The molecule has 0 saturated heterocycles. The summed E-state index contributed by atoms with van der Waals surface area (Å²) in [7, 11) is 0. The first-order chi connectivity index (χ1) is 11.6. The lowest BCUT2D eigenvalue weighted by Gasteiger charge is -2.11. The molecule has 2 rings (SSSR count). The molecule has 0 fully saturated rings. The Kier molecular flexibility index (Phi) is 6.52. The number of benzene rings is 2. The Morgan fingerprint density at radius 2 is 1.88 bits per heavy atom. The van der Waals surface area contributed by atoms with Crippen molar-refractivity contribution in [2.45, 2.75) is 19.4 Å². The van der Waals surface area contributed by atoms with E-state index in [0.717, 1.165) is 15.6 Å². The summed E-state index contributed by atoms with van der Waals surface area (Å²) in [6.45, 7) is 0.301. The van der Waals surface area contributed by atoms with Crippen molar-refractivity contribution in [1.29, 1.82) is 5.26 Å². The van der Waals surface area contributed by atoms with E-state index >= 15 is 0 Å². The van der Waals surface area contributed by atoms with Crippen LogP contribution in [-0.4, -0.2) is 11.8 Å². The number of nitriles is 1. The molecule has 24 heavy (non-hydrogen) atoms. The van der Waals surface area contributed by atoms with Crippen LogP contribution in [0.1, 0.15) is 17.5 Å². The molecule has 2 amide bonds.